The summed E-state index contributed by atoms with van der Waals surface area (Å²) in [5.41, 5.74) is 0.852. The lowest BCUT2D eigenvalue weighted by molar-refractivity contribution is -0.118. The van der Waals surface area contributed by atoms with Gasteiger partial charge >= 0.3 is 0 Å². The number of aldehydes is 1. The van der Waals surface area contributed by atoms with E-state index in [2.05, 4.69) is 10.3 Å². The molecule has 0 aromatic carbocycles. The van der Waals surface area contributed by atoms with Gasteiger partial charge in [0.1, 0.15) is 5.69 Å². The molecule has 5 nitrogen and oxygen atoms in total. The normalized spacial score (nSPS) is 14.0. The van der Waals surface area contributed by atoms with Crippen LogP contribution in [0.3, 0.4) is 0 Å². The third-order valence-corrected chi connectivity index (χ3v) is 1.62. The number of aromatic nitrogens is 1. The molecule has 1 aliphatic rings. The fraction of sp³-hybridized carbons (Fsp3) is 0.125. The Hall–Kier alpha value is -1.91. The molecule has 1 aliphatic heterocycles. The summed E-state index contributed by atoms with van der Waals surface area (Å²) in [6, 6.07) is 1.52. The Labute approximate surface area is 73.7 Å². The lowest BCUT2D eigenvalue weighted by Gasteiger charge is -2.16. The molecule has 0 spiro atoms. The number of nitrogens with zero attached hydrogens (tertiary/aromatic N) is 1. The Balaban J connectivity index is 2.43. The van der Waals surface area contributed by atoms with Crippen LogP contribution < -0.4 is 10.1 Å². The summed E-state index contributed by atoms with van der Waals surface area (Å²) < 4.78 is 5.00. The topological polar surface area (TPSA) is 68.3 Å². The molecule has 0 saturated heterocycles. The molecular weight excluding hydrogens is 172 g/mol. The number of rotatable bonds is 1. The van der Waals surface area contributed by atoms with Crippen molar-refractivity contribution in [1.29, 1.82) is 0 Å². The van der Waals surface area contributed by atoms with Crippen molar-refractivity contribution in [1.82, 2.24) is 4.98 Å². The van der Waals surface area contributed by atoms with Crippen molar-refractivity contribution >= 4 is 17.9 Å². The van der Waals surface area contributed by atoms with Gasteiger partial charge in [-0.25, -0.2) is 4.98 Å². The minimum Gasteiger partial charge on any atom is -0.466 e. The maximum absolute atomic E-state index is 10.9. The zero-order valence-electron chi connectivity index (χ0n) is 6.61. The van der Waals surface area contributed by atoms with Crippen molar-refractivity contribution in [3.8, 4) is 5.88 Å². The Morgan fingerprint density at radius 2 is 2.46 bits per heavy atom. The van der Waals surface area contributed by atoms with Gasteiger partial charge in [-0.2, -0.15) is 0 Å². The molecule has 1 aromatic rings. The molecular formula is C8H6N2O3. The highest BCUT2D eigenvalue weighted by Crippen LogP contribution is 2.24. The molecule has 0 aliphatic carbocycles. The van der Waals surface area contributed by atoms with Gasteiger partial charge in [0.2, 0.25) is 5.88 Å². The van der Waals surface area contributed by atoms with Crippen molar-refractivity contribution < 1.29 is 14.3 Å². The van der Waals surface area contributed by atoms with Gasteiger partial charge in [0.05, 0.1) is 0 Å². The molecule has 1 N–H and O–H groups in total. The minimum absolute atomic E-state index is 0.0273. The number of carbonyl (C=O) groups is 2. The van der Waals surface area contributed by atoms with Crippen LogP contribution in [0.2, 0.25) is 0 Å². The van der Waals surface area contributed by atoms with Crippen LogP contribution >= 0.6 is 0 Å². The molecule has 0 radical (unpaired) electrons. The second kappa shape index (κ2) is 2.85. The molecule has 66 valence electrons. The van der Waals surface area contributed by atoms with Crippen LogP contribution in [-0.4, -0.2) is 23.8 Å². The minimum atomic E-state index is -0.239. The molecule has 2 heterocycles. The molecule has 5 heteroatoms. The monoisotopic (exact) mass is 178 g/mol. The first-order chi connectivity index (χ1) is 6.29. The van der Waals surface area contributed by atoms with Gasteiger partial charge in [0, 0.05) is 11.8 Å². The van der Waals surface area contributed by atoms with E-state index in [-0.39, 0.29) is 12.5 Å². The number of hydrogen-bond acceptors (Lipinski definition) is 4. The quantitative estimate of drug-likeness (QED) is 0.625. The maximum Gasteiger partial charge on any atom is 0.262 e. The summed E-state index contributed by atoms with van der Waals surface area (Å²) in [4.78, 5) is 25.1. The first-order valence-electron chi connectivity index (χ1n) is 3.67. The van der Waals surface area contributed by atoms with E-state index in [4.69, 9.17) is 4.74 Å². The average molecular weight is 178 g/mol. The van der Waals surface area contributed by atoms with E-state index < -0.39 is 0 Å². The van der Waals surface area contributed by atoms with Gasteiger partial charge in [-0.3, -0.25) is 9.59 Å². The zero-order chi connectivity index (χ0) is 9.26. The highest BCUT2D eigenvalue weighted by molar-refractivity contribution is 5.95. The second-order valence-corrected chi connectivity index (χ2v) is 2.58. The van der Waals surface area contributed by atoms with Gasteiger partial charge in [0.15, 0.2) is 12.9 Å². The number of ether oxygens (including phenoxy) is 1. The van der Waals surface area contributed by atoms with Gasteiger partial charge < -0.3 is 10.1 Å². The van der Waals surface area contributed by atoms with E-state index in [9.17, 15) is 9.59 Å². The Morgan fingerprint density at radius 3 is 3.23 bits per heavy atom. The lowest BCUT2D eigenvalue weighted by Crippen LogP contribution is -2.26. The molecule has 0 fully saturated rings. The number of hydrogen-bond donors (Lipinski definition) is 1. The van der Waals surface area contributed by atoms with Crippen molar-refractivity contribution in [2.24, 2.45) is 0 Å². The molecule has 13 heavy (non-hydrogen) atoms. The number of nitrogens with one attached hydrogen (secondary N) is 1. The van der Waals surface area contributed by atoms with Crippen molar-refractivity contribution in [2.45, 2.75) is 0 Å². The first-order valence-corrected chi connectivity index (χ1v) is 3.67. The van der Waals surface area contributed by atoms with Crippen LogP contribution in [0.1, 0.15) is 10.4 Å². The van der Waals surface area contributed by atoms with Crippen LogP contribution in [0.4, 0.5) is 5.69 Å². The van der Waals surface area contributed by atoms with Crippen LogP contribution in [0.15, 0.2) is 12.3 Å². The third-order valence-electron chi connectivity index (χ3n) is 1.62. The Kier molecular flexibility index (Phi) is 1.70. The van der Waals surface area contributed by atoms with E-state index in [0.29, 0.717) is 23.4 Å². The summed E-state index contributed by atoms with van der Waals surface area (Å²) >= 11 is 0. The van der Waals surface area contributed by atoms with E-state index in [1.165, 1.54) is 12.3 Å². The summed E-state index contributed by atoms with van der Waals surface area (Å²) in [6.45, 7) is -0.0273. The van der Waals surface area contributed by atoms with Gasteiger partial charge in [0.25, 0.3) is 5.91 Å². The standard InChI is InChI=1S/C8H6N2O3/c11-3-5-1-6-8(9-2-5)13-4-7(12)10-6/h1-3H,4H2,(H,10,12). The molecule has 1 aromatic heterocycles. The highest BCUT2D eigenvalue weighted by Gasteiger charge is 2.16. The maximum atomic E-state index is 10.9. The molecule has 0 bridgehead atoms. The largest absolute Gasteiger partial charge is 0.466 e. The van der Waals surface area contributed by atoms with Crippen molar-refractivity contribution in [3.63, 3.8) is 0 Å². The molecule has 0 saturated carbocycles. The summed E-state index contributed by atoms with van der Waals surface area (Å²) in [6.07, 6.45) is 2.05. The summed E-state index contributed by atoms with van der Waals surface area (Å²) in [5.74, 6) is 0.113. The van der Waals surface area contributed by atoms with Crippen LogP contribution in [0.25, 0.3) is 0 Å². The highest BCUT2D eigenvalue weighted by atomic mass is 16.5. The SMILES string of the molecule is O=Cc1cnc2c(c1)NC(=O)CO2. The summed E-state index contributed by atoms with van der Waals surface area (Å²) in [5, 5.41) is 2.55. The van der Waals surface area contributed by atoms with E-state index in [0.717, 1.165) is 0 Å². The smallest absolute Gasteiger partial charge is 0.262 e. The molecule has 0 unspecified atom stereocenters. The second-order valence-electron chi connectivity index (χ2n) is 2.58. The number of anilines is 1. The van der Waals surface area contributed by atoms with Crippen LogP contribution in [0.5, 0.6) is 5.88 Å². The van der Waals surface area contributed by atoms with E-state index >= 15 is 0 Å². The van der Waals surface area contributed by atoms with E-state index in [1.807, 2.05) is 0 Å². The third kappa shape index (κ3) is 1.35. The molecule has 0 atom stereocenters. The fourth-order valence-corrected chi connectivity index (χ4v) is 1.06. The van der Waals surface area contributed by atoms with E-state index in [1.54, 1.807) is 0 Å². The molecule has 1 amide bonds. The Bertz CT molecular complexity index is 376. The van der Waals surface area contributed by atoms with Gasteiger partial charge in [-0.15, -0.1) is 0 Å². The summed E-state index contributed by atoms with van der Waals surface area (Å²) in [7, 11) is 0. The lowest BCUT2D eigenvalue weighted by atomic mass is 10.2. The number of fused-ring (bicyclic) bond motifs is 1. The first kappa shape index (κ1) is 7.72. The van der Waals surface area contributed by atoms with Gasteiger partial charge in [-0.1, -0.05) is 0 Å². The molecule has 2 rings (SSSR count). The number of amides is 1. The van der Waals surface area contributed by atoms with Crippen LogP contribution in [0, 0.1) is 0 Å². The fourth-order valence-electron chi connectivity index (χ4n) is 1.06. The number of carbonyl (C=O) groups excluding carboxylic acids is 2. The predicted molar refractivity (Wildman–Crippen MR) is 43.7 cm³/mol. The number of pyridine rings is 1. The average Bonchev–Trinajstić information content (AvgIpc) is 2.16. The van der Waals surface area contributed by atoms with Crippen LogP contribution in [-0.2, 0) is 4.79 Å². The zero-order valence-corrected chi connectivity index (χ0v) is 6.61. The van der Waals surface area contributed by atoms with Gasteiger partial charge in [-0.05, 0) is 6.07 Å². The predicted octanol–water partition coefficient (Wildman–Crippen LogP) is 0.225. The van der Waals surface area contributed by atoms with Crippen molar-refractivity contribution in [2.75, 3.05) is 11.9 Å². The van der Waals surface area contributed by atoms with Crippen molar-refractivity contribution in [3.05, 3.63) is 17.8 Å². The Morgan fingerprint density at radius 1 is 1.62 bits per heavy atom.